The summed E-state index contributed by atoms with van der Waals surface area (Å²) in [5, 5.41) is 12.8. The van der Waals surface area contributed by atoms with Crippen LogP contribution in [0.5, 0.6) is 0 Å². The van der Waals surface area contributed by atoms with E-state index in [0.29, 0.717) is 11.5 Å². The molecule has 0 radical (unpaired) electrons. The highest BCUT2D eigenvalue weighted by atomic mass is 16.2. The summed E-state index contributed by atoms with van der Waals surface area (Å²) in [5.41, 5.74) is 4.73. The Morgan fingerprint density at radius 3 is 2.54 bits per heavy atom. The Morgan fingerprint density at radius 2 is 1.93 bits per heavy atom. The lowest BCUT2D eigenvalue weighted by atomic mass is 9.89. The van der Waals surface area contributed by atoms with Crippen LogP contribution in [0.25, 0.3) is 11.0 Å². The molecule has 4 heterocycles. The molecule has 0 saturated carbocycles. The zero-order chi connectivity index (χ0) is 20.1. The van der Waals surface area contributed by atoms with Crippen molar-refractivity contribution in [3.8, 4) is 0 Å². The molecular formula is C21H28N6O. The van der Waals surface area contributed by atoms with Crippen LogP contribution in [-0.4, -0.2) is 48.9 Å². The molecule has 0 aromatic carbocycles. The molecule has 0 unspecified atom stereocenters. The number of fused-ring (bicyclic) bond motifs is 1. The minimum absolute atomic E-state index is 0.0560. The van der Waals surface area contributed by atoms with Crippen molar-refractivity contribution in [1.29, 1.82) is 0 Å². The van der Waals surface area contributed by atoms with Crippen molar-refractivity contribution in [2.45, 2.75) is 51.9 Å². The van der Waals surface area contributed by atoms with Crippen molar-refractivity contribution in [2.75, 3.05) is 13.1 Å². The highest BCUT2D eigenvalue weighted by Gasteiger charge is 2.28. The zero-order valence-electron chi connectivity index (χ0n) is 17.3. The minimum atomic E-state index is -0.107. The van der Waals surface area contributed by atoms with Crippen LogP contribution >= 0.6 is 0 Å². The van der Waals surface area contributed by atoms with Crippen molar-refractivity contribution in [1.82, 2.24) is 29.9 Å². The van der Waals surface area contributed by atoms with Crippen LogP contribution in [0.4, 0.5) is 0 Å². The summed E-state index contributed by atoms with van der Waals surface area (Å²) in [7, 11) is 1.90. The molecule has 7 heteroatoms. The number of carbonyl (C=O) groups is 1. The summed E-state index contributed by atoms with van der Waals surface area (Å²) >= 11 is 0. The minimum Gasteiger partial charge on any atom is -0.339 e. The van der Waals surface area contributed by atoms with Gasteiger partial charge in [0.15, 0.2) is 5.65 Å². The number of amides is 1. The van der Waals surface area contributed by atoms with Crippen molar-refractivity contribution >= 4 is 16.9 Å². The third-order valence-electron chi connectivity index (χ3n) is 5.73. The number of pyridine rings is 1. The SMILES string of the molecule is Cc1[nH]ncc1C1CCN(C(=O)c2cnc3c(c2)c(C(C)(C)C)nn3C)CC1. The normalized spacial score (nSPS) is 16.1. The molecule has 1 saturated heterocycles. The number of piperidine rings is 1. The third kappa shape index (κ3) is 3.19. The summed E-state index contributed by atoms with van der Waals surface area (Å²) in [6.45, 7) is 9.96. The second-order valence-electron chi connectivity index (χ2n) is 8.83. The van der Waals surface area contributed by atoms with E-state index >= 15 is 0 Å². The fourth-order valence-corrected chi connectivity index (χ4v) is 4.16. The van der Waals surface area contributed by atoms with E-state index in [1.54, 1.807) is 10.9 Å². The van der Waals surface area contributed by atoms with Crippen molar-refractivity contribution in [2.24, 2.45) is 7.05 Å². The Hall–Kier alpha value is -2.70. The number of carbonyl (C=O) groups excluding carboxylic acids is 1. The molecule has 3 aromatic heterocycles. The van der Waals surface area contributed by atoms with E-state index in [1.165, 1.54) is 5.56 Å². The standard InChI is InChI=1S/C21H28N6O/c1-13-17(12-23-24-13)14-6-8-27(9-7-14)20(28)15-10-16-18(21(2,3)4)25-26(5)19(16)22-11-15/h10-12,14H,6-9H2,1-5H3,(H,23,24). The molecule has 0 spiro atoms. The van der Waals surface area contributed by atoms with Crippen LogP contribution in [-0.2, 0) is 12.5 Å². The molecular weight excluding hydrogens is 352 g/mol. The Kier molecular flexibility index (Phi) is 4.48. The van der Waals surface area contributed by atoms with Crippen molar-refractivity contribution in [3.63, 3.8) is 0 Å². The molecule has 0 aliphatic carbocycles. The molecule has 0 atom stereocenters. The van der Waals surface area contributed by atoms with Crippen LogP contribution in [0.15, 0.2) is 18.5 Å². The lowest BCUT2D eigenvalue weighted by Gasteiger charge is -2.32. The highest BCUT2D eigenvalue weighted by molar-refractivity contribution is 5.97. The van der Waals surface area contributed by atoms with Crippen molar-refractivity contribution in [3.05, 3.63) is 41.0 Å². The van der Waals surface area contributed by atoms with Crippen LogP contribution < -0.4 is 0 Å². The maximum atomic E-state index is 13.1. The van der Waals surface area contributed by atoms with E-state index < -0.39 is 0 Å². The van der Waals surface area contributed by atoms with Gasteiger partial charge in [0.25, 0.3) is 5.91 Å². The first-order valence-corrected chi connectivity index (χ1v) is 9.88. The van der Waals surface area contributed by atoms with Gasteiger partial charge in [0.05, 0.1) is 17.5 Å². The monoisotopic (exact) mass is 380 g/mol. The first kappa shape index (κ1) is 18.7. The Bertz CT molecular complexity index is 1020. The van der Waals surface area contributed by atoms with Crippen molar-refractivity contribution < 1.29 is 4.79 Å². The number of aromatic amines is 1. The summed E-state index contributed by atoms with van der Waals surface area (Å²) < 4.78 is 1.79. The molecule has 1 fully saturated rings. The average molecular weight is 380 g/mol. The van der Waals surface area contributed by atoms with Crippen LogP contribution in [0.3, 0.4) is 0 Å². The van der Waals surface area contributed by atoms with E-state index in [2.05, 4.69) is 48.0 Å². The number of aryl methyl sites for hydroxylation is 2. The van der Waals surface area contributed by atoms with Gasteiger partial charge in [-0.05, 0) is 37.3 Å². The van der Waals surface area contributed by atoms with Crippen LogP contribution in [0.1, 0.15) is 66.8 Å². The first-order valence-electron chi connectivity index (χ1n) is 9.88. The molecule has 148 valence electrons. The molecule has 1 amide bonds. The molecule has 0 bridgehead atoms. The summed E-state index contributed by atoms with van der Waals surface area (Å²) in [6.07, 6.45) is 5.53. The molecule has 1 N–H and O–H groups in total. The number of rotatable bonds is 2. The summed E-state index contributed by atoms with van der Waals surface area (Å²) in [6, 6.07) is 1.96. The summed E-state index contributed by atoms with van der Waals surface area (Å²) in [4.78, 5) is 19.6. The predicted octanol–water partition coefficient (Wildman–Crippen LogP) is 3.32. The molecule has 1 aliphatic rings. The van der Waals surface area contributed by atoms with Crippen LogP contribution in [0, 0.1) is 6.92 Å². The second-order valence-corrected chi connectivity index (χ2v) is 8.83. The quantitative estimate of drug-likeness (QED) is 0.740. The average Bonchev–Trinajstić information content (AvgIpc) is 3.24. The van der Waals surface area contributed by atoms with Gasteiger partial charge < -0.3 is 4.90 Å². The number of nitrogens with one attached hydrogen (secondary N) is 1. The lowest BCUT2D eigenvalue weighted by Crippen LogP contribution is -2.38. The maximum Gasteiger partial charge on any atom is 0.255 e. The number of hydrogen-bond donors (Lipinski definition) is 1. The number of likely N-dealkylation sites (tertiary alicyclic amines) is 1. The Morgan fingerprint density at radius 1 is 1.21 bits per heavy atom. The largest absolute Gasteiger partial charge is 0.339 e. The fourth-order valence-electron chi connectivity index (χ4n) is 4.16. The van der Waals surface area contributed by atoms with E-state index in [-0.39, 0.29) is 11.3 Å². The van der Waals surface area contributed by atoms with Gasteiger partial charge in [0.1, 0.15) is 0 Å². The van der Waals surface area contributed by atoms with Crippen LogP contribution in [0.2, 0.25) is 0 Å². The van der Waals surface area contributed by atoms with E-state index in [0.717, 1.165) is 48.4 Å². The van der Waals surface area contributed by atoms with E-state index in [1.807, 2.05) is 24.2 Å². The predicted molar refractivity (Wildman–Crippen MR) is 108 cm³/mol. The molecule has 1 aliphatic heterocycles. The lowest BCUT2D eigenvalue weighted by molar-refractivity contribution is 0.0712. The topological polar surface area (TPSA) is 79.7 Å². The van der Waals surface area contributed by atoms with Gasteiger partial charge in [-0.2, -0.15) is 10.2 Å². The number of H-pyrrole nitrogens is 1. The molecule has 4 rings (SSSR count). The van der Waals surface area contributed by atoms with Gasteiger partial charge in [-0.15, -0.1) is 0 Å². The second kappa shape index (κ2) is 6.72. The van der Waals surface area contributed by atoms with E-state index in [4.69, 9.17) is 0 Å². The number of nitrogens with zero attached hydrogens (tertiary/aromatic N) is 5. The van der Waals surface area contributed by atoms with Gasteiger partial charge in [0, 0.05) is 42.8 Å². The Balaban J connectivity index is 1.55. The van der Waals surface area contributed by atoms with Gasteiger partial charge in [0.2, 0.25) is 0 Å². The fraction of sp³-hybridized carbons (Fsp3) is 0.524. The third-order valence-corrected chi connectivity index (χ3v) is 5.73. The number of hydrogen-bond acceptors (Lipinski definition) is 4. The van der Waals surface area contributed by atoms with E-state index in [9.17, 15) is 4.79 Å². The zero-order valence-corrected chi connectivity index (χ0v) is 17.3. The maximum absolute atomic E-state index is 13.1. The van der Waals surface area contributed by atoms with Gasteiger partial charge >= 0.3 is 0 Å². The number of aromatic nitrogens is 5. The molecule has 28 heavy (non-hydrogen) atoms. The molecule has 3 aromatic rings. The van der Waals surface area contributed by atoms with Gasteiger partial charge in [-0.1, -0.05) is 20.8 Å². The summed E-state index contributed by atoms with van der Waals surface area (Å²) in [5.74, 6) is 0.523. The highest BCUT2D eigenvalue weighted by Crippen LogP contribution is 2.31. The molecule has 7 nitrogen and oxygen atoms in total. The van der Waals surface area contributed by atoms with Gasteiger partial charge in [-0.25, -0.2) is 4.98 Å². The first-order chi connectivity index (χ1) is 13.3. The Labute approximate surface area is 165 Å². The smallest absolute Gasteiger partial charge is 0.255 e. The van der Waals surface area contributed by atoms with Gasteiger partial charge in [-0.3, -0.25) is 14.6 Å².